The molecular weight excluding hydrogens is 292 g/mol. The summed E-state index contributed by atoms with van der Waals surface area (Å²) in [4.78, 5) is 22.9. The van der Waals surface area contributed by atoms with Gasteiger partial charge in [-0.1, -0.05) is 48.5 Å². The van der Waals surface area contributed by atoms with E-state index >= 15 is 0 Å². The number of nitrogens with one attached hydrogen (secondary N) is 1. The maximum absolute atomic E-state index is 12.2. The maximum atomic E-state index is 12.2. The van der Waals surface area contributed by atoms with E-state index in [0.717, 1.165) is 16.5 Å². The lowest BCUT2D eigenvalue weighted by Crippen LogP contribution is -2.29. The first-order valence-electron chi connectivity index (χ1n) is 7.27. The maximum Gasteiger partial charge on any atom is 0.322 e. The number of hydrogen-bond donors (Lipinski definition) is 2. The summed E-state index contributed by atoms with van der Waals surface area (Å²) < 4.78 is 2.00. The van der Waals surface area contributed by atoms with Crippen LogP contribution in [0.3, 0.4) is 0 Å². The van der Waals surface area contributed by atoms with Crippen LogP contribution >= 0.6 is 0 Å². The number of carbonyl (C=O) groups is 2. The largest absolute Gasteiger partial charge is 0.480 e. The van der Waals surface area contributed by atoms with E-state index in [0.29, 0.717) is 12.1 Å². The van der Waals surface area contributed by atoms with Gasteiger partial charge < -0.3 is 15.0 Å². The molecule has 0 bridgehead atoms. The van der Waals surface area contributed by atoms with E-state index in [9.17, 15) is 9.59 Å². The van der Waals surface area contributed by atoms with E-state index < -0.39 is 12.5 Å². The molecule has 0 aliphatic carbocycles. The predicted molar refractivity (Wildman–Crippen MR) is 87.5 cm³/mol. The second-order valence-electron chi connectivity index (χ2n) is 5.25. The Balaban J connectivity index is 1.96. The number of hydrogen-bond acceptors (Lipinski definition) is 2. The minimum atomic E-state index is -1.06. The quantitative estimate of drug-likeness (QED) is 0.761. The second kappa shape index (κ2) is 6.36. The van der Waals surface area contributed by atoms with Crippen LogP contribution < -0.4 is 5.32 Å². The average molecular weight is 308 g/mol. The molecule has 0 spiro atoms. The molecule has 0 aliphatic rings. The van der Waals surface area contributed by atoms with Crippen LogP contribution in [0.15, 0.2) is 60.8 Å². The summed E-state index contributed by atoms with van der Waals surface area (Å²) >= 11 is 0. The molecule has 3 rings (SSSR count). The highest BCUT2D eigenvalue weighted by Gasteiger charge is 2.15. The first-order valence-corrected chi connectivity index (χ1v) is 7.27. The lowest BCUT2D eigenvalue weighted by molar-refractivity contribution is -0.135. The number of carboxylic acids is 1. The van der Waals surface area contributed by atoms with Crippen molar-refractivity contribution in [2.45, 2.75) is 6.54 Å². The van der Waals surface area contributed by atoms with Gasteiger partial charge in [0, 0.05) is 23.6 Å². The molecular formula is C18H16N2O3. The van der Waals surface area contributed by atoms with Crippen molar-refractivity contribution in [1.82, 2.24) is 9.88 Å². The third-order valence-electron chi connectivity index (χ3n) is 3.63. The summed E-state index contributed by atoms with van der Waals surface area (Å²) in [6, 6.07) is 17.6. The van der Waals surface area contributed by atoms with Gasteiger partial charge in [-0.15, -0.1) is 0 Å². The molecule has 2 N–H and O–H groups in total. The van der Waals surface area contributed by atoms with Crippen LogP contribution in [0.1, 0.15) is 15.9 Å². The Bertz CT molecular complexity index is 853. The van der Waals surface area contributed by atoms with E-state index in [1.165, 1.54) is 0 Å². The normalized spacial score (nSPS) is 10.6. The highest BCUT2D eigenvalue weighted by Crippen LogP contribution is 2.22. The number of para-hydroxylation sites is 1. The molecule has 23 heavy (non-hydrogen) atoms. The Labute approximate surface area is 133 Å². The van der Waals surface area contributed by atoms with Crippen LogP contribution in [0.4, 0.5) is 0 Å². The van der Waals surface area contributed by atoms with Gasteiger partial charge in [0.05, 0.1) is 5.56 Å². The van der Waals surface area contributed by atoms with E-state index in [4.69, 9.17) is 5.11 Å². The Morgan fingerprint density at radius 1 is 1.00 bits per heavy atom. The third-order valence-corrected chi connectivity index (χ3v) is 3.63. The number of benzene rings is 2. The Kier molecular flexibility index (Phi) is 4.10. The predicted octanol–water partition coefficient (Wildman–Crippen LogP) is 2.50. The monoisotopic (exact) mass is 308 g/mol. The smallest absolute Gasteiger partial charge is 0.322 e. The molecule has 0 saturated heterocycles. The van der Waals surface area contributed by atoms with Gasteiger partial charge in [0.25, 0.3) is 5.91 Å². The number of nitrogens with zero attached hydrogens (tertiary/aromatic N) is 1. The molecule has 2 aromatic carbocycles. The van der Waals surface area contributed by atoms with Gasteiger partial charge in [-0.2, -0.15) is 0 Å². The van der Waals surface area contributed by atoms with Gasteiger partial charge in [0.1, 0.15) is 6.54 Å². The van der Waals surface area contributed by atoms with Crippen molar-refractivity contribution in [3.05, 3.63) is 71.9 Å². The van der Waals surface area contributed by atoms with Crippen molar-refractivity contribution < 1.29 is 14.7 Å². The van der Waals surface area contributed by atoms with E-state index in [1.54, 1.807) is 6.20 Å². The van der Waals surface area contributed by atoms with Gasteiger partial charge in [0.15, 0.2) is 0 Å². The van der Waals surface area contributed by atoms with Crippen LogP contribution in [0.25, 0.3) is 10.9 Å². The Morgan fingerprint density at radius 2 is 1.70 bits per heavy atom. The van der Waals surface area contributed by atoms with Crippen molar-refractivity contribution in [2.24, 2.45) is 0 Å². The fourth-order valence-electron chi connectivity index (χ4n) is 2.59. The molecule has 0 radical (unpaired) electrons. The molecule has 5 heteroatoms. The second-order valence-corrected chi connectivity index (χ2v) is 5.25. The van der Waals surface area contributed by atoms with Gasteiger partial charge in [0.2, 0.25) is 0 Å². The van der Waals surface area contributed by atoms with Crippen molar-refractivity contribution in [2.75, 3.05) is 6.54 Å². The molecule has 0 saturated carbocycles. The summed E-state index contributed by atoms with van der Waals surface area (Å²) in [7, 11) is 0. The fraction of sp³-hybridized carbons (Fsp3) is 0.111. The van der Waals surface area contributed by atoms with E-state index in [2.05, 4.69) is 5.32 Å². The Hall–Kier alpha value is -3.08. The van der Waals surface area contributed by atoms with Crippen LogP contribution in [-0.2, 0) is 11.3 Å². The molecule has 0 unspecified atom stereocenters. The van der Waals surface area contributed by atoms with Crippen molar-refractivity contribution in [3.63, 3.8) is 0 Å². The van der Waals surface area contributed by atoms with Gasteiger partial charge in [-0.25, -0.2) is 0 Å². The standard InChI is InChI=1S/C18H16N2O3/c21-17(22)10-19-18(23)15-12-20(11-13-6-2-1-3-7-13)16-9-5-4-8-14(15)16/h1-9,12H,10-11H2,(H,19,23)(H,21,22). The molecule has 5 nitrogen and oxygen atoms in total. The van der Waals surface area contributed by atoms with Crippen LogP contribution in [0, 0.1) is 0 Å². The zero-order valence-electron chi connectivity index (χ0n) is 12.4. The molecule has 3 aromatic rings. The average Bonchev–Trinajstić information content (AvgIpc) is 2.92. The number of aromatic nitrogens is 1. The summed E-state index contributed by atoms with van der Waals surface area (Å²) in [5, 5.41) is 11.9. The number of amides is 1. The van der Waals surface area contributed by atoms with Crippen LogP contribution in [-0.4, -0.2) is 28.1 Å². The third kappa shape index (κ3) is 3.23. The summed E-state index contributed by atoms with van der Waals surface area (Å²) in [6.45, 7) is 0.255. The highest BCUT2D eigenvalue weighted by atomic mass is 16.4. The fourth-order valence-corrected chi connectivity index (χ4v) is 2.59. The lowest BCUT2D eigenvalue weighted by Gasteiger charge is -2.05. The first-order chi connectivity index (χ1) is 11.1. The number of carboxylic acid groups (broad SMARTS) is 1. The molecule has 0 fully saturated rings. The molecule has 116 valence electrons. The first kappa shape index (κ1) is 14.8. The minimum absolute atomic E-state index is 0.379. The summed E-state index contributed by atoms with van der Waals surface area (Å²) in [6.07, 6.45) is 1.77. The zero-order chi connectivity index (χ0) is 16.2. The van der Waals surface area contributed by atoms with Gasteiger partial charge in [-0.05, 0) is 11.6 Å². The summed E-state index contributed by atoms with van der Waals surface area (Å²) in [5.41, 5.74) is 2.56. The van der Waals surface area contributed by atoms with Crippen molar-refractivity contribution >= 4 is 22.8 Å². The molecule has 0 atom stereocenters. The van der Waals surface area contributed by atoms with Gasteiger partial charge >= 0.3 is 5.97 Å². The van der Waals surface area contributed by atoms with Crippen molar-refractivity contribution in [3.8, 4) is 0 Å². The number of aliphatic carboxylic acids is 1. The van der Waals surface area contributed by atoms with E-state index in [1.807, 2.05) is 59.2 Å². The number of rotatable bonds is 5. The highest BCUT2D eigenvalue weighted by molar-refractivity contribution is 6.07. The van der Waals surface area contributed by atoms with E-state index in [-0.39, 0.29) is 5.91 Å². The SMILES string of the molecule is O=C(O)CNC(=O)c1cn(Cc2ccccc2)c2ccccc12. The molecule has 1 heterocycles. The van der Waals surface area contributed by atoms with Crippen molar-refractivity contribution in [1.29, 1.82) is 0 Å². The van der Waals surface area contributed by atoms with Crippen LogP contribution in [0.5, 0.6) is 0 Å². The molecule has 1 aromatic heterocycles. The van der Waals surface area contributed by atoms with Gasteiger partial charge in [-0.3, -0.25) is 9.59 Å². The molecule has 1 amide bonds. The topological polar surface area (TPSA) is 71.3 Å². The minimum Gasteiger partial charge on any atom is -0.480 e. The Morgan fingerprint density at radius 3 is 2.43 bits per heavy atom. The zero-order valence-corrected chi connectivity index (χ0v) is 12.4. The van der Waals surface area contributed by atoms with Crippen LogP contribution in [0.2, 0.25) is 0 Å². The molecule has 0 aliphatic heterocycles. The number of fused-ring (bicyclic) bond motifs is 1. The summed E-state index contributed by atoms with van der Waals surface area (Å²) in [5.74, 6) is -1.44. The number of carbonyl (C=O) groups excluding carboxylic acids is 1. The lowest BCUT2D eigenvalue weighted by atomic mass is 10.1.